The minimum absolute atomic E-state index is 0.00124. The van der Waals surface area contributed by atoms with Crippen LogP contribution in [0.2, 0.25) is 0 Å². The number of ketones is 1. The van der Waals surface area contributed by atoms with Crippen LogP contribution >= 0.6 is 0 Å². The lowest BCUT2D eigenvalue weighted by Crippen LogP contribution is -2.24. The molecule has 0 fully saturated rings. The minimum Gasteiger partial charge on any atom is -0.474 e. The maximum Gasteiger partial charge on any atom is 0.260 e. The molecule has 1 aliphatic carbocycles. The van der Waals surface area contributed by atoms with E-state index in [1.54, 1.807) is 6.08 Å². The molecule has 0 amide bonds. The van der Waals surface area contributed by atoms with E-state index in [-0.39, 0.29) is 5.78 Å². The quantitative estimate of drug-likeness (QED) is 0.677. The van der Waals surface area contributed by atoms with E-state index in [0.717, 1.165) is 42.0 Å². The van der Waals surface area contributed by atoms with Crippen LogP contribution in [-0.4, -0.2) is 59.8 Å². The number of nitrogens with zero attached hydrogens (tertiary/aromatic N) is 4. The van der Waals surface area contributed by atoms with Gasteiger partial charge in [-0.1, -0.05) is 13.0 Å². The van der Waals surface area contributed by atoms with Crippen LogP contribution in [0.1, 0.15) is 31.5 Å². The molecule has 0 atom stereocenters. The second-order valence-electron chi connectivity index (χ2n) is 7.88. The van der Waals surface area contributed by atoms with Gasteiger partial charge in [0.2, 0.25) is 0 Å². The zero-order valence-electron chi connectivity index (χ0n) is 18.7. The first-order valence-corrected chi connectivity index (χ1v) is 10.4. The number of nitrogens with one attached hydrogen (secondary N) is 1. The van der Waals surface area contributed by atoms with Crippen molar-refractivity contribution in [3.8, 4) is 5.88 Å². The van der Waals surface area contributed by atoms with E-state index in [1.807, 2.05) is 44.6 Å². The predicted molar refractivity (Wildman–Crippen MR) is 121 cm³/mol. The lowest BCUT2D eigenvalue weighted by atomic mass is 10.0. The molecule has 30 heavy (non-hydrogen) atoms. The summed E-state index contributed by atoms with van der Waals surface area (Å²) in [7, 11) is 4.01. The van der Waals surface area contributed by atoms with Gasteiger partial charge in [-0.15, -0.1) is 5.10 Å². The van der Waals surface area contributed by atoms with Gasteiger partial charge >= 0.3 is 0 Å². The summed E-state index contributed by atoms with van der Waals surface area (Å²) < 4.78 is 7.91. The molecule has 160 valence electrons. The number of allylic oxidation sites excluding steroid dienone is 3. The molecule has 2 aromatic heterocycles. The average molecular weight is 410 g/mol. The van der Waals surface area contributed by atoms with E-state index < -0.39 is 0 Å². The molecule has 2 heterocycles. The van der Waals surface area contributed by atoms with E-state index in [4.69, 9.17) is 14.8 Å². The molecule has 7 heteroatoms. The van der Waals surface area contributed by atoms with Gasteiger partial charge in [-0.05, 0) is 64.6 Å². The third-order valence-corrected chi connectivity index (χ3v) is 5.11. The van der Waals surface area contributed by atoms with Crippen LogP contribution in [0.5, 0.6) is 5.88 Å². The first-order chi connectivity index (χ1) is 14.3. The second kappa shape index (κ2) is 9.26. The van der Waals surface area contributed by atoms with Crippen LogP contribution in [-0.2, 0) is 4.79 Å². The number of hydrogen-bond acceptors (Lipinski definition) is 6. The van der Waals surface area contributed by atoms with Crippen molar-refractivity contribution < 1.29 is 9.53 Å². The molecule has 0 saturated carbocycles. The smallest absolute Gasteiger partial charge is 0.260 e. The summed E-state index contributed by atoms with van der Waals surface area (Å²) in [6.45, 7) is 10.0. The van der Waals surface area contributed by atoms with Crippen molar-refractivity contribution >= 4 is 22.7 Å². The number of aliphatic imine (C=N–C) groups is 1. The molecule has 0 spiro atoms. The van der Waals surface area contributed by atoms with Gasteiger partial charge in [-0.3, -0.25) is 4.79 Å². The normalized spacial score (nSPS) is 15.7. The second-order valence-corrected chi connectivity index (χ2v) is 7.88. The number of hydrogen-bond donors (Lipinski definition) is 1. The number of pyridine rings is 1. The maximum atomic E-state index is 12.2. The topological polar surface area (TPSA) is 71.2 Å². The van der Waals surface area contributed by atoms with Gasteiger partial charge < -0.3 is 15.0 Å². The molecule has 1 N–H and O–H groups in total. The van der Waals surface area contributed by atoms with Crippen LogP contribution in [0.3, 0.4) is 0 Å². The highest BCUT2D eigenvalue weighted by Gasteiger charge is 2.20. The molecule has 0 unspecified atom stereocenters. The summed E-state index contributed by atoms with van der Waals surface area (Å²) in [5.41, 5.74) is 5.85. The molecule has 1 aliphatic rings. The molecular formula is C23H31N5O2. The van der Waals surface area contributed by atoms with Crippen LogP contribution in [0, 0.1) is 13.8 Å². The molecule has 3 rings (SSSR count). The molecule has 0 saturated heterocycles. The van der Waals surface area contributed by atoms with Gasteiger partial charge in [0.05, 0.1) is 16.9 Å². The summed E-state index contributed by atoms with van der Waals surface area (Å²) >= 11 is 0. The number of aromatic nitrogens is 2. The number of likely N-dealkylation sites (N-methyl/N-ethyl adjacent to an activating group) is 1. The van der Waals surface area contributed by atoms with E-state index in [1.165, 1.54) is 0 Å². The Morgan fingerprint density at radius 3 is 2.67 bits per heavy atom. The van der Waals surface area contributed by atoms with Gasteiger partial charge in [-0.25, -0.2) is 9.51 Å². The molecule has 0 bridgehead atoms. The van der Waals surface area contributed by atoms with Crippen LogP contribution < -0.4 is 10.1 Å². The summed E-state index contributed by atoms with van der Waals surface area (Å²) in [6.07, 6.45) is 4.40. The fraction of sp³-hybridized carbons (Fsp3) is 0.435. The summed E-state index contributed by atoms with van der Waals surface area (Å²) in [5.74, 6) is 0.497. The Labute approximate surface area is 178 Å². The van der Waals surface area contributed by atoms with Crippen molar-refractivity contribution in [3.63, 3.8) is 0 Å². The maximum absolute atomic E-state index is 12.2. The lowest BCUT2D eigenvalue weighted by molar-refractivity contribution is -0.111. The molecule has 7 nitrogen and oxygen atoms in total. The monoisotopic (exact) mass is 409 g/mol. The highest BCUT2D eigenvalue weighted by atomic mass is 16.5. The van der Waals surface area contributed by atoms with Gasteiger partial charge in [-0.2, -0.15) is 0 Å². The van der Waals surface area contributed by atoms with Gasteiger partial charge in [0.15, 0.2) is 11.5 Å². The van der Waals surface area contributed by atoms with Crippen LogP contribution in [0.15, 0.2) is 40.5 Å². The standard InChI is InChI=1S/C23H31N5O2/c1-7-10-24-18-14-21(29)16(3)13-19(18)25-22-20-9-8-15(2)17(4)28(20)26-23(22)30-12-11-27(5)6/h8-9,13-14,24H,7,10-12H2,1-6H3/b25-19+. The zero-order chi connectivity index (χ0) is 21.8. The molecular weight excluding hydrogens is 378 g/mol. The van der Waals surface area contributed by atoms with Crippen LogP contribution in [0.25, 0.3) is 5.52 Å². The number of rotatable bonds is 8. The molecule has 0 aliphatic heterocycles. The third kappa shape index (κ3) is 4.62. The molecule has 0 radical (unpaired) electrons. The SMILES string of the molecule is CCCNC1=CC(=O)C(C)=C/C1=N\c1c(OCCN(C)C)nn2c(C)c(C)ccc12. The van der Waals surface area contributed by atoms with Crippen molar-refractivity contribution in [2.45, 2.75) is 34.1 Å². The largest absolute Gasteiger partial charge is 0.474 e. The van der Waals surface area contributed by atoms with Gasteiger partial charge in [0.25, 0.3) is 5.88 Å². The van der Waals surface area contributed by atoms with Crippen LogP contribution in [0.4, 0.5) is 5.69 Å². The Balaban J connectivity index is 2.11. The van der Waals surface area contributed by atoms with Crippen molar-refractivity contribution in [3.05, 3.63) is 46.8 Å². The lowest BCUT2D eigenvalue weighted by Gasteiger charge is -2.15. The van der Waals surface area contributed by atoms with E-state index in [9.17, 15) is 4.79 Å². The number of ether oxygens (including phenoxy) is 1. The first kappa shape index (κ1) is 21.8. The number of aryl methyl sites for hydroxylation is 2. The van der Waals surface area contributed by atoms with E-state index in [0.29, 0.717) is 29.5 Å². The fourth-order valence-electron chi connectivity index (χ4n) is 3.11. The Morgan fingerprint density at radius 1 is 1.20 bits per heavy atom. The van der Waals surface area contributed by atoms with Crippen molar-refractivity contribution in [1.29, 1.82) is 0 Å². The summed E-state index contributed by atoms with van der Waals surface area (Å²) in [5, 5.41) is 8.02. The average Bonchev–Trinajstić information content (AvgIpc) is 3.04. The Bertz CT molecular complexity index is 1040. The van der Waals surface area contributed by atoms with Crippen molar-refractivity contribution in [2.24, 2.45) is 4.99 Å². The van der Waals surface area contributed by atoms with Crippen molar-refractivity contribution in [1.82, 2.24) is 19.8 Å². The Kier molecular flexibility index (Phi) is 6.72. The molecule has 0 aromatic carbocycles. The van der Waals surface area contributed by atoms with Gasteiger partial charge in [0, 0.05) is 24.9 Å². The highest BCUT2D eigenvalue weighted by molar-refractivity contribution is 6.22. The van der Waals surface area contributed by atoms with E-state index >= 15 is 0 Å². The third-order valence-electron chi connectivity index (χ3n) is 5.11. The minimum atomic E-state index is 0.00124. The first-order valence-electron chi connectivity index (χ1n) is 10.4. The van der Waals surface area contributed by atoms with Crippen molar-refractivity contribution in [2.75, 3.05) is 33.8 Å². The summed E-state index contributed by atoms with van der Waals surface area (Å²) in [4.78, 5) is 19.2. The summed E-state index contributed by atoms with van der Waals surface area (Å²) in [6, 6.07) is 4.08. The Morgan fingerprint density at radius 2 is 1.97 bits per heavy atom. The number of carbonyl (C=O) groups excluding carboxylic acids is 1. The number of fused-ring (bicyclic) bond motifs is 1. The highest BCUT2D eigenvalue weighted by Crippen LogP contribution is 2.34. The van der Waals surface area contributed by atoms with Gasteiger partial charge in [0.1, 0.15) is 6.61 Å². The zero-order valence-corrected chi connectivity index (χ0v) is 18.7. The Hall–Kier alpha value is -2.93. The number of carbonyl (C=O) groups is 1. The fourth-order valence-corrected chi connectivity index (χ4v) is 3.11. The predicted octanol–water partition coefficient (Wildman–Crippen LogP) is 3.38. The molecule has 2 aromatic rings. The van der Waals surface area contributed by atoms with E-state index in [2.05, 4.69) is 30.1 Å².